The Hall–Kier alpha value is -2.29. The lowest BCUT2D eigenvalue weighted by Gasteiger charge is -2.17. The molecule has 0 saturated carbocycles. The van der Waals surface area contributed by atoms with E-state index in [1.165, 1.54) is 35.6 Å². The molecule has 1 aromatic heterocycles. The molecular formula is C15H14F3N3O2S. The zero-order valence-electron chi connectivity index (χ0n) is 12.7. The fourth-order valence-electron chi connectivity index (χ4n) is 2.39. The first kappa shape index (κ1) is 16.6. The van der Waals surface area contributed by atoms with Crippen LogP contribution in [-0.2, 0) is 6.54 Å². The molecule has 1 aliphatic rings. The second-order valence-corrected chi connectivity index (χ2v) is 6.16. The van der Waals surface area contributed by atoms with E-state index in [-0.39, 0.29) is 11.8 Å². The van der Waals surface area contributed by atoms with Crippen molar-refractivity contribution in [3.05, 3.63) is 40.9 Å². The number of rotatable bonds is 4. The van der Waals surface area contributed by atoms with Gasteiger partial charge in [0.05, 0.1) is 5.69 Å². The third kappa shape index (κ3) is 3.78. The van der Waals surface area contributed by atoms with Gasteiger partial charge in [-0.15, -0.1) is 24.5 Å². The Bertz CT molecular complexity index is 730. The molecule has 0 radical (unpaired) electrons. The minimum Gasteiger partial charge on any atom is -0.406 e. The van der Waals surface area contributed by atoms with Crippen LogP contribution in [0.1, 0.15) is 11.3 Å². The van der Waals surface area contributed by atoms with Crippen LogP contribution >= 0.6 is 11.3 Å². The lowest BCUT2D eigenvalue weighted by atomic mass is 10.2. The van der Waals surface area contributed by atoms with E-state index in [0.717, 1.165) is 11.3 Å². The van der Waals surface area contributed by atoms with Gasteiger partial charge >= 0.3 is 12.4 Å². The number of hydrogen-bond acceptors (Lipinski definition) is 4. The Morgan fingerprint density at radius 2 is 1.96 bits per heavy atom. The van der Waals surface area contributed by atoms with Crippen molar-refractivity contribution in [1.29, 1.82) is 0 Å². The van der Waals surface area contributed by atoms with Crippen molar-refractivity contribution in [2.75, 3.05) is 18.0 Å². The summed E-state index contributed by atoms with van der Waals surface area (Å²) in [6.07, 6.45) is -4.71. The largest absolute Gasteiger partial charge is 0.573 e. The third-order valence-corrected chi connectivity index (χ3v) is 4.44. The topological polar surface area (TPSA) is 45.7 Å². The van der Waals surface area contributed by atoms with E-state index in [1.807, 2.05) is 12.3 Å². The number of alkyl halides is 3. The van der Waals surface area contributed by atoms with Crippen molar-refractivity contribution in [2.24, 2.45) is 0 Å². The number of amides is 2. The second-order valence-electron chi connectivity index (χ2n) is 5.32. The first-order valence-electron chi connectivity index (χ1n) is 7.15. The number of benzene rings is 1. The van der Waals surface area contributed by atoms with E-state index in [0.29, 0.717) is 24.8 Å². The van der Waals surface area contributed by atoms with E-state index in [9.17, 15) is 18.0 Å². The lowest BCUT2D eigenvalue weighted by Crippen LogP contribution is -2.31. The highest BCUT2D eigenvalue weighted by atomic mass is 32.1. The van der Waals surface area contributed by atoms with Gasteiger partial charge in [0, 0.05) is 25.0 Å². The molecule has 2 amide bonds. The monoisotopic (exact) mass is 357 g/mol. The smallest absolute Gasteiger partial charge is 0.406 e. The van der Waals surface area contributed by atoms with Gasteiger partial charge in [-0.2, -0.15) is 0 Å². The van der Waals surface area contributed by atoms with E-state index >= 15 is 0 Å². The Balaban J connectivity index is 1.63. The average Bonchev–Trinajstić information content (AvgIpc) is 3.07. The summed E-state index contributed by atoms with van der Waals surface area (Å²) < 4.78 is 40.3. The molecule has 0 bridgehead atoms. The number of ether oxygens (including phenoxy) is 1. The molecule has 1 aromatic carbocycles. The number of thiazole rings is 1. The van der Waals surface area contributed by atoms with Crippen molar-refractivity contribution < 1.29 is 22.7 Å². The maximum absolute atomic E-state index is 12.4. The molecule has 2 heterocycles. The molecule has 24 heavy (non-hydrogen) atoms. The number of halogens is 3. The first-order valence-corrected chi connectivity index (χ1v) is 8.03. The summed E-state index contributed by atoms with van der Waals surface area (Å²) in [7, 11) is 0. The predicted molar refractivity (Wildman–Crippen MR) is 83.1 cm³/mol. The first-order chi connectivity index (χ1) is 11.3. The highest BCUT2D eigenvalue weighted by molar-refractivity contribution is 7.14. The van der Waals surface area contributed by atoms with Crippen LogP contribution in [0.4, 0.5) is 23.1 Å². The average molecular weight is 357 g/mol. The highest BCUT2D eigenvalue weighted by Crippen LogP contribution is 2.26. The molecule has 2 aromatic rings. The lowest BCUT2D eigenvalue weighted by molar-refractivity contribution is -0.274. The summed E-state index contributed by atoms with van der Waals surface area (Å²) in [5, 5.41) is 2.54. The molecule has 0 unspecified atom stereocenters. The van der Waals surface area contributed by atoms with Crippen LogP contribution in [0.15, 0.2) is 29.6 Å². The third-order valence-electron chi connectivity index (χ3n) is 3.46. The highest BCUT2D eigenvalue weighted by Gasteiger charge is 2.32. The number of aromatic nitrogens is 1. The molecule has 0 spiro atoms. The molecule has 0 aliphatic carbocycles. The number of aryl methyl sites for hydroxylation is 1. The minimum atomic E-state index is -4.71. The Morgan fingerprint density at radius 3 is 2.54 bits per heavy atom. The molecular weight excluding hydrogens is 343 g/mol. The summed E-state index contributed by atoms with van der Waals surface area (Å²) in [5.74, 6) is -0.279. The summed E-state index contributed by atoms with van der Waals surface area (Å²) in [6.45, 7) is 3.27. The zero-order chi connectivity index (χ0) is 17.3. The molecule has 0 atom stereocenters. The van der Waals surface area contributed by atoms with Crippen LogP contribution in [0.3, 0.4) is 0 Å². The van der Waals surface area contributed by atoms with E-state index in [4.69, 9.17) is 0 Å². The minimum absolute atomic E-state index is 0.153. The number of hydrogen-bond donors (Lipinski definition) is 0. The number of anilines is 1. The maximum Gasteiger partial charge on any atom is 0.573 e. The van der Waals surface area contributed by atoms with Crippen LogP contribution in [-0.4, -0.2) is 35.4 Å². The second kappa shape index (κ2) is 6.31. The zero-order valence-corrected chi connectivity index (χ0v) is 13.5. The Kier molecular flexibility index (Phi) is 4.35. The number of urea groups is 1. The van der Waals surface area contributed by atoms with Crippen molar-refractivity contribution in [2.45, 2.75) is 19.8 Å². The summed E-state index contributed by atoms with van der Waals surface area (Å²) in [4.78, 5) is 20.0. The van der Waals surface area contributed by atoms with Gasteiger partial charge in [0.2, 0.25) is 0 Å². The van der Waals surface area contributed by atoms with Gasteiger partial charge in [-0.25, -0.2) is 9.78 Å². The molecule has 1 aliphatic heterocycles. The standard InChI is InChI=1S/C15H14F3N3O2S/c1-10-9-24-13(19-10)21-7-6-20(14(21)22)8-11-2-4-12(5-3-11)23-15(16,17)18/h2-5,9H,6-8H2,1H3. The van der Waals surface area contributed by atoms with Crippen LogP contribution in [0.5, 0.6) is 5.75 Å². The van der Waals surface area contributed by atoms with Gasteiger partial charge in [-0.3, -0.25) is 4.90 Å². The SMILES string of the molecule is Cc1csc(N2CCN(Cc3ccc(OC(F)(F)F)cc3)C2=O)n1. The van der Waals surface area contributed by atoms with Crippen molar-refractivity contribution >= 4 is 22.5 Å². The van der Waals surface area contributed by atoms with Gasteiger partial charge < -0.3 is 9.64 Å². The normalized spacial score (nSPS) is 15.2. The van der Waals surface area contributed by atoms with Gasteiger partial charge in [0.25, 0.3) is 0 Å². The molecule has 3 rings (SSSR count). The quantitative estimate of drug-likeness (QED) is 0.836. The van der Waals surface area contributed by atoms with Crippen LogP contribution in [0.2, 0.25) is 0 Å². The fourth-order valence-corrected chi connectivity index (χ4v) is 3.21. The number of carbonyl (C=O) groups is 1. The van der Waals surface area contributed by atoms with Gasteiger partial charge in [-0.05, 0) is 24.6 Å². The number of nitrogens with zero attached hydrogens (tertiary/aromatic N) is 3. The molecule has 0 N–H and O–H groups in total. The van der Waals surface area contributed by atoms with Crippen LogP contribution < -0.4 is 9.64 Å². The van der Waals surface area contributed by atoms with Gasteiger partial charge in [-0.1, -0.05) is 12.1 Å². The van der Waals surface area contributed by atoms with Gasteiger partial charge in [0.1, 0.15) is 5.75 Å². The number of carbonyl (C=O) groups excluding carboxylic acids is 1. The van der Waals surface area contributed by atoms with Gasteiger partial charge in [0.15, 0.2) is 5.13 Å². The van der Waals surface area contributed by atoms with Crippen molar-refractivity contribution in [3.63, 3.8) is 0 Å². The molecule has 5 nitrogen and oxygen atoms in total. The fraction of sp³-hybridized carbons (Fsp3) is 0.333. The van der Waals surface area contributed by atoms with E-state index in [1.54, 1.807) is 9.80 Å². The molecule has 1 saturated heterocycles. The molecule has 1 fully saturated rings. The Morgan fingerprint density at radius 1 is 1.25 bits per heavy atom. The summed E-state index contributed by atoms with van der Waals surface area (Å²) in [6, 6.07) is 5.37. The van der Waals surface area contributed by atoms with Crippen molar-refractivity contribution in [1.82, 2.24) is 9.88 Å². The van der Waals surface area contributed by atoms with Crippen LogP contribution in [0.25, 0.3) is 0 Å². The molecule has 128 valence electrons. The predicted octanol–water partition coefficient (Wildman–Crippen LogP) is 3.79. The van der Waals surface area contributed by atoms with Crippen molar-refractivity contribution in [3.8, 4) is 5.75 Å². The molecule has 9 heteroatoms. The van der Waals surface area contributed by atoms with Crippen LogP contribution in [0, 0.1) is 6.92 Å². The maximum atomic E-state index is 12.4. The summed E-state index contributed by atoms with van der Waals surface area (Å²) in [5.41, 5.74) is 1.59. The Labute approximate surface area is 140 Å². The summed E-state index contributed by atoms with van der Waals surface area (Å²) >= 11 is 1.41. The van der Waals surface area contributed by atoms with E-state index < -0.39 is 6.36 Å². The van der Waals surface area contributed by atoms with E-state index in [2.05, 4.69) is 9.72 Å².